The van der Waals surface area contributed by atoms with Crippen LogP contribution in [0.25, 0.3) is 0 Å². The highest BCUT2D eigenvalue weighted by molar-refractivity contribution is 6.31. The average Bonchev–Trinajstić information content (AvgIpc) is 2.70. The molecule has 0 aliphatic heterocycles. The Morgan fingerprint density at radius 2 is 1.96 bits per heavy atom. The fourth-order valence-electron chi connectivity index (χ4n) is 2.63. The third-order valence-corrected chi connectivity index (χ3v) is 4.15. The maximum atomic E-state index is 12.9. The highest BCUT2D eigenvalue weighted by Crippen LogP contribution is 2.29. The number of anilines is 3. The van der Waals surface area contributed by atoms with E-state index in [4.69, 9.17) is 16.3 Å². The molecule has 0 saturated heterocycles. The van der Waals surface area contributed by atoms with Gasteiger partial charge >= 0.3 is 0 Å². The largest absolute Gasteiger partial charge is 0.495 e. The molecule has 0 aliphatic rings. The Labute approximate surface area is 162 Å². The Kier molecular flexibility index (Phi) is 5.88. The zero-order valence-corrected chi connectivity index (χ0v) is 15.8. The topological polar surface area (TPSA) is 67.4 Å². The Morgan fingerprint density at radius 3 is 2.67 bits per heavy atom. The summed E-state index contributed by atoms with van der Waals surface area (Å²) in [4.78, 5) is 23.1. The first-order chi connectivity index (χ1) is 13.1. The number of para-hydroxylation sites is 1. The van der Waals surface area contributed by atoms with Crippen LogP contribution in [0.15, 0.2) is 60.8 Å². The third-order valence-electron chi connectivity index (χ3n) is 3.91. The van der Waals surface area contributed by atoms with Gasteiger partial charge in [-0.25, -0.2) is 9.97 Å². The Balaban J connectivity index is 1.87. The summed E-state index contributed by atoms with van der Waals surface area (Å²) in [5.41, 5.74) is 1.72. The molecule has 3 aromatic rings. The molecule has 1 aromatic heterocycles. The number of amides is 1. The van der Waals surface area contributed by atoms with Crippen LogP contribution in [0.4, 0.5) is 17.3 Å². The Bertz CT molecular complexity index is 934. The van der Waals surface area contributed by atoms with E-state index in [0.717, 1.165) is 5.69 Å². The highest BCUT2D eigenvalue weighted by Gasteiger charge is 2.18. The van der Waals surface area contributed by atoms with Crippen LogP contribution in [0.2, 0.25) is 5.02 Å². The van der Waals surface area contributed by atoms with Crippen LogP contribution in [-0.2, 0) is 0 Å². The minimum absolute atomic E-state index is 0.202. The van der Waals surface area contributed by atoms with E-state index in [1.165, 1.54) is 0 Å². The molecule has 1 amide bonds. The van der Waals surface area contributed by atoms with Crippen LogP contribution < -0.4 is 15.0 Å². The summed E-state index contributed by atoms with van der Waals surface area (Å²) in [5, 5.41) is 3.60. The van der Waals surface area contributed by atoms with E-state index in [1.807, 2.05) is 37.3 Å². The lowest BCUT2D eigenvalue weighted by Crippen LogP contribution is -2.31. The van der Waals surface area contributed by atoms with Gasteiger partial charge in [0.05, 0.1) is 12.8 Å². The molecule has 0 unspecified atom stereocenters. The highest BCUT2D eigenvalue weighted by atomic mass is 35.5. The zero-order chi connectivity index (χ0) is 19.2. The molecule has 0 spiro atoms. The number of rotatable bonds is 6. The van der Waals surface area contributed by atoms with E-state index in [9.17, 15) is 4.79 Å². The molecule has 3 rings (SSSR count). The summed E-state index contributed by atoms with van der Waals surface area (Å²) < 4.78 is 5.31. The number of benzene rings is 2. The fourth-order valence-corrected chi connectivity index (χ4v) is 2.80. The molecule has 2 aromatic carbocycles. The number of halogens is 1. The number of ether oxygens (including phenoxy) is 1. The van der Waals surface area contributed by atoms with Crippen LogP contribution in [0, 0.1) is 0 Å². The van der Waals surface area contributed by atoms with E-state index in [1.54, 1.807) is 42.5 Å². The number of hydrogen-bond donors (Lipinski definition) is 1. The second-order valence-corrected chi connectivity index (χ2v) is 6.06. The van der Waals surface area contributed by atoms with Gasteiger partial charge in [-0.3, -0.25) is 4.79 Å². The van der Waals surface area contributed by atoms with Crippen LogP contribution in [0.5, 0.6) is 5.75 Å². The van der Waals surface area contributed by atoms with E-state index >= 15 is 0 Å². The molecule has 27 heavy (non-hydrogen) atoms. The predicted molar refractivity (Wildman–Crippen MR) is 107 cm³/mol. The van der Waals surface area contributed by atoms with Crippen LogP contribution in [0.3, 0.4) is 0 Å². The van der Waals surface area contributed by atoms with Gasteiger partial charge in [-0.2, -0.15) is 0 Å². The fraction of sp³-hybridized carbons (Fsp3) is 0.150. The van der Waals surface area contributed by atoms with Gasteiger partial charge in [0.1, 0.15) is 11.4 Å². The number of carbonyl (C=O) groups excluding carboxylic acids is 1. The Hall–Kier alpha value is -3.12. The molecule has 6 nitrogen and oxygen atoms in total. The molecule has 0 aliphatic carbocycles. The second kappa shape index (κ2) is 8.51. The third kappa shape index (κ3) is 4.35. The summed E-state index contributed by atoms with van der Waals surface area (Å²) in [6, 6.07) is 16.2. The standard InChI is InChI=1S/C20H19ClN4O2/c1-3-25(15-7-5-4-6-8-15)19(26)16-11-12-22-20(23-16)24-17-13-14(21)9-10-18(17)27-2/h4-13H,3H2,1-2H3,(H,22,23,24). The van der Waals surface area contributed by atoms with Crippen LogP contribution >= 0.6 is 11.6 Å². The van der Waals surface area contributed by atoms with Crippen molar-refractivity contribution in [1.29, 1.82) is 0 Å². The average molecular weight is 383 g/mol. The van der Waals surface area contributed by atoms with Gasteiger partial charge in [-0.15, -0.1) is 0 Å². The first kappa shape index (κ1) is 18.7. The maximum Gasteiger partial charge on any atom is 0.277 e. The maximum absolute atomic E-state index is 12.9. The molecule has 0 atom stereocenters. The van der Waals surface area contributed by atoms with Crippen molar-refractivity contribution in [3.63, 3.8) is 0 Å². The Morgan fingerprint density at radius 1 is 1.19 bits per heavy atom. The summed E-state index contributed by atoms with van der Waals surface area (Å²) in [6.45, 7) is 2.44. The van der Waals surface area contributed by atoms with Crippen LogP contribution in [-0.4, -0.2) is 29.5 Å². The number of nitrogens with zero attached hydrogens (tertiary/aromatic N) is 3. The number of methoxy groups -OCH3 is 1. The molecule has 0 saturated carbocycles. The van der Waals surface area contributed by atoms with Gasteiger partial charge in [-0.05, 0) is 43.3 Å². The minimum atomic E-state index is -0.202. The molecule has 7 heteroatoms. The first-order valence-electron chi connectivity index (χ1n) is 8.43. The van der Waals surface area contributed by atoms with E-state index in [2.05, 4.69) is 15.3 Å². The minimum Gasteiger partial charge on any atom is -0.495 e. The second-order valence-electron chi connectivity index (χ2n) is 5.62. The molecule has 138 valence electrons. The van der Waals surface area contributed by atoms with Crippen molar-refractivity contribution in [2.24, 2.45) is 0 Å². The van der Waals surface area contributed by atoms with Crippen molar-refractivity contribution in [3.05, 3.63) is 71.5 Å². The molecule has 0 bridgehead atoms. The number of carbonyl (C=O) groups is 1. The van der Waals surface area contributed by atoms with E-state index < -0.39 is 0 Å². The zero-order valence-electron chi connectivity index (χ0n) is 15.0. The van der Waals surface area contributed by atoms with Gasteiger partial charge in [-0.1, -0.05) is 29.8 Å². The SMILES string of the molecule is CCN(C(=O)c1ccnc(Nc2cc(Cl)ccc2OC)n1)c1ccccc1. The molecule has 0 radical (unpaired) electrons. The van der Waals surface area contributed by atoms with Crippen molar-refractivity contribution in [2.45, 2.75) is 6.92 Å². The molecular formula is C20H19ClN4O2. The first-order valence-corrected chi connectivity index (χ1v) is 8.80. The predicted octanol–water partition coefficient (Wildman–Crippen LogP) is 4.55. The van der Waals surface area contributed by atoms with Gasteiger partial charge in [0.15, 0.2) is 0 Å². The van der Waals surface area contributed by atoms with Crippen molar-refractivity contribution in [2.75, 3.05) is 23.9 Å². The van der Waals surface area contributed by atoms with Crippen LogP contribution in [0.1, 0.15) is 17.4 Å². The smallest absolute Gasteiger partial charge is 0.277 e. The van der Waals surface area contributed by atoms with Gasteiger partial charge < -0.3 is 15.0 Å². The van der Waals surface area contributed by atoms with Gasteiger partial charge in [0.25, 0.3) is 5.91 Å². The van der Waals surface area contributed by atoms with E-state index in [-0.39, 0.29) is 11.9 Å². The van der Waals surface area contributed by atoms with Crippen molar-refractivity contribution >= 4 is 34.8 Å². The summed E-state index contributed by atoms with van der Waals surface area (Å²) in [5.74, 6) is 0.678. The number of nitrogens with one attached hydrogen (secondary N) is 1. The van der Waals surface area contributed by atoms with Crippen molar-refractivity contribution in [3.8, 4) is 5.75 Å². The molecule has 1 N–H and O–H groups in total. The molecular weight excluding hydrogens is 364 g/mol. The molecule has 0 fully saturated rings. The lowest BCUT2D eigenvalue weighted by Gasteiger charge is -2.20. The van der Waals surface area contributed by atoms with Gasteiger partial charge in [0, 0.05) is 23.5 Å². The number of aromatic nitrogens is 2. The van der Waals surface area contributed by atoms with Gasteiger partial charge in [0.2, 0.25) is 5.95 Å². The van der Waals surface area contributed by atoms with Crippen molar-refractivity contribution < 1.29 is 9.53 Å². The number of hydrogen-bond acceptors (Lipinski definition) is 5. The van der Waals surface area contributed by atoms with Crippen molar-refractivity contribution in [1.82, 2.24) is 9.97 Å². The normalized spacial score (nSPS) is 10.3. The quantitative estimate of drug-likeness (QED) is 0.677. The summed E-state index contributed by atoms with van der Waals surface area (Å²) in [6.07, 6.45) is 1.54. The van der Waals surface area contributed by atoms with E-state index in [0.29, 0.717) is 28.7 Å². The summed E-state index contributed by atoms with van der Waals surface area (Å²) >= 11 is 6.05. The lowest BCUT2D eigenvalue weighted by molar-refractivity contribution is 0.0983. The lowest BCUT2D eigenvalue weighted by atomic mass is 10.2. The summed E-state index contributed by atoms with van der Waals surface area (Å²) in [7, 11) is 1.56. The monoisotopic (exact) mass is 382 g/mol. The molecule has 1 heterocycles.